The van der Waals surface area contributed by atoms with Crippen LogP contribution in [0.2, 0.25) is 0 Å². The number of benzene rings is 1. The predicted octanol–water partition coefficient (Wildman–Crippen LogP) is 2.54. The fourth-order valence-electron chi connectivity index (χ4n) is 2.38. The molecular weight excluding hydrogens is 264 g/mol. The van der Waals surface area contributed by atoms with E-state index in [0.29, 0.717) is 19.1 Å². The third-order valence-electron chi connectivity index (χ3n) is 3.65. The molecule has 1 aliphatic rings. The van der Waals surface area contributed by atoms with Crippen molar-refractivity contribution in [2.75, 3.05) is 50.9 Å². The summed E-state index contributed by atoms with van der Waals surface area (Å²) in [4.78, 5) is 2.38. The van der Waals surface area contributed by atoms with E-state index in [0.717, 1.165) is 45.0 Å². The summed E-state index contributed by atoms with van der Waals surface area (Å²) in [6.07, 6.45) is 1.11. The Labute approximate surface area is 128 Å². The van der Waals surface area contributed by atoms with E-state index in [4.69, 9.17) is 9.47 Å². The largest absolute Gasteiger partial charge is 0.489 e. The summed E-state index contributed by atoms with van der Waals surface area (Å²) in [5.74, 6) is 1.66. The first-order valence-electron chi connectivity index (χ1n) is 8.02. The maximum absolute atomic E-state index is 5.91. The topological polar surface area (TPSA) is 33.7 Å². The molecule has 0 spiro atoms. The van der Waals surface area contributed by atoms with Crippen molar-refractivity contribution in [1.29, 1.82) is 0 Å². The van der Waals surface area contributed by atoms with Gasteiger partial charge in [-0.1, -0.05) is 26.0 Å². The highest BCUT2D eigenvalue weighted by molar-refractivity contribution is 5.58. The second-order valence-corrected chi connectivity index (χ2v) is 5.85. The third kappa shape index (κ3) is 5.56. The molecule has 4 heteroatoms. The first-order chi connectivity index (χ1) is 10.3. The average molecular weight is 292 g/mol. The highest BCUT2D eigenvalue weighted by Crippen LogP contribution is 2.28. The normalized spacial score (nSPS) is 15.5. The highest BCUT2D eigenvalue weighted by Gasteiger charge is 2.14. The van der Waals surface area contributed by atoms with E-state index in [1.165, 1.54) is 5.69 Å². The van der Waals surface area contributed by atoms with E-state index < -0.39 is 0 Å². The van der Waals surface area contributed by atoms with Gasteiger partial charge in [0.2, 0.25) is 0 Å². The number of anilines is 1. The van der Waals surface area contributed by atoms with Crippen LogP contribution in [0.3, 0.4) is 0 Å². The number of ether oxygens (including phenoxy) is 2. The van der Waals surface area contributed by atoms with Gasteiger partial charge in [0.25, 0.3) is 0 Å². The van der Waals surface area contributed by atoms with Gasteiger partial charge in [-0.15, -0.1) is 0 Å². The number of rotatable bonds is 8. The molecule has 0 unspecified atom stereocenters. The van der Waals surface area contributed by atoms with Crippen molar-refractivity contribution in [2.45, 2.75) is 20.3 Å². The van der Waals surface area contributed by atoms with Gasteiger partial charge >= 0.3 is 0 Å². The zero-order valence-corrected chi connectivity index (χ0v) is 13.3. The first-order valence-corrected chi connectivity index (χ1v) is 8.02. The molecule has 0 amide bonds. The summed E-state index contributed by atoms with van der Waals surface area (Å²) in [5.41, 5.74) is 1.20. The standard InChI is InChI=1S/C17H28N2O2/c1-15(2)7-12-20-13-14-21-17-6-4-3-5-16(17)19-10-8-18-9-11-19/h3-6,15,18H,7-14H2,1-2H3. The Morgan fingerprint density at radius 1 is 1.10 bits per heavy atom. The van der Waals surface area contributed by atoms with E-state index >= 15 is 0 Å². The van der Waals surface area contributed by atoms with Crippen LogP contribution in [0, 0.1) is 5.92 Å². The zero-order valence-electron chi connectivity index (χ0n) is 13.3. The van der Waals surface area contributed by atoms with Crippen LogP contribution < -0.4 is 15.0 Å². The lowest BCUT2D eigenvalue weighted by Crippen LogP contribution is -2.43. The Morgan fingerprint density at radius 2 is 1.86 bits per heavy atom. The molecule has 1 aromatic carbocycles. The summed E-state index contributed by atoms with van der Waals surface area (Å²) in [6, 6.07) is 8.29. The van der Waals surface area contributed by atoms with Crippen molar-refractivity contribution in [2.24, 2.45) is 5.92 Å². The molecule has 4 nitrogen and oxygen atoms in total. The molecule has 0 aliphatic carbocycles. The van der Waals surface area contributed by atoms with Crippen LogP contribution in [-0.4, -0.2) is 46.0 Å². The van der Waals surface area contributed by atoms with Gasteiger partial charge in [-0.2, -0.15) is 0 Å². The lowest BCUT2D eigenvalue weighted by Gasteiger charge is -2.30. The SMILES string of the molecule is CC(C)CCOCCOc1ccccc1N1CCNCC1. The minimum atomic E-state index is 0.612. The lowest BCUT2D eigenvalue weighted by molar-refractivity contribution is 0.0927. The molecule has 0 aromatic heterocycles. The molecule has 2 rings (SSSR count). The number of hydrogen-bond donors (Lipinski definition) is 1. The van der Waals surface area contributed by atoms with Gasteiger partial charge < -0.3 is 19.7 Å². The van der Waals surface area contributed by atoms with Gasteiger partial charge in [-0.25, -0.2) is 0 Å². The predicted molar refractivity (Wildman–Crippen MR) is 87.3 cm³/mol. The Hall–Kier alpha value is -1.26. The van der Waals surface area contributed by atoms with Crippen LogP contribution in [0.5, 0.6) is 5.75 Å². The Bertz CT molecular complexity index is 404. The number of hydrogen-bond acceptors (Lipinski definition) is 4. The van der Waals surface area contributed by atoms with Crippen molar-refractivity contribution >= 4 is 5.69 Å². The highest BCUT2D eigenvalue weighted by atomic mass is 16.5. The van der Waals surface area contributed by atoms with Crippen molar-refractivity contribution in [3.8, 4) is 5.75 Å². The van der Waals surface area contributed by atoms with Gasteiger partial charge in [-0.05, 0) is 24.5 Å². The summed E-state index contributed by atoms with van der Waals surface area (Å²) in [6.45, 7) is 10.6. The summed E-state index contributed by atoms with van der Waals surface area (Å²) >= 11 is 0. The van der Waals surface area contributed by atoms with Crippen LogP contribution in [-0.2, 0) is 4.74 Å². The molecule has 21 heavy (non-hydrogen) atoms. The molecular formula is C17H28N2O2. The maximum atomic E-state index is 5.91. The van der Waals surface area contributed by atoms with Crippen molar-refractivity contribution < 1.29 is 9.47 Å². The quantitative estimate of drug-likeness (QED) is 0.747. The second kappa shape index (κ2) is 8.90. The van der Waals surface area contributed by atoms with E-state index in [9.17, 15) is 0 Å². The Morgan fingerprint density at radius 3 is 2.62 bits per heavy atom. The molecule has 118 valence electrons. The number of nitrogens with zero attached hydrogens (tertiary/aromatic N) is 1. The smallest absolute Gasteiger partial charge is 0.142 e. The minimum Gasteiger partial charge on any atom is -0.489 e. The van der Waals surface area contributed by atoms with E-state index in [1.807, 2.05) is 12.1 Å². The van der Waals surface area contributed by atoms with Crippen molar-refractivity contribution in [1.82, 2.24) is 5.32 Å². The molecule has 1 saturated heterocycles. The first kappa shape index (κ1) is 16.1. The van der Waals surface area contributed by atoms with Crippen LogP contribution in [0.1, 0.15) is 20.3 Å². The molecule has 1 N–H and O–H groups in total. The summed E-state index contributed by atoms with van der Waals surface area (Å²) in [7, 11) is 0. The van der Waals surface area contributed by atoms with Gasteiger partial charge in [-0.3, -0.25) is 0 Å². The molecule has 1 heterocycles. The van der Waals surface area contributed by atoms with Crippen molar-refractivity contribution in [3.63, 3.8) is 0 Å². The lowest BCUT2D eigenvalue weighted by atomic mass is 10.1. The molecule has 1 aromatic rings. The van der Waals surface area contributed by atoms with Gasteiger partial charge in [0.05, 0.1) is 12.3 Å². The Balaban J connectivity index is 1.77. The monoisotopic (exact) mass is 292 g/mol. The van der Waals surface area contributed by atoms with Crippen LogP contribution in [0.15, 0.2) is 24.3 Å². The van der Waals surface area contributed by atoms with Gasteiger partial charge in [0.15, 0.2) is 0 Å². The maximum Gasteiger partial charge on any atom is 0.142 e. The second-order valence-electron chi connectivity index (χ2n) is 5.85. The summed E-state index contributed by atoms with van der Waals surface area (Å²) < 4.78 is 11.5. The Kier molecular flexibility index (Phi) is 6.83. The van der Waals surface area contributed by atoms with Crippen LogP contribution in [0.25, 0.3) is 0 Å². The van der Waals surface area contributed by atoms with Gasteiger partial charge in [0.1, 0.15) is 12.4 Å². The molecule has 0 bridgehead atoms. The zero-order chi connectivity index (χ0) is 14.9. The molecule has 0 saturated carbocycles. The van der Waals surface area contributed by atoms with E-state index in [2.05, 4.69) is 36.2 Å². The van der Waals surface area contributed by atoms with E-state index in [1.54, 1.807) is 0 Å². The number of para-hydroxylation sites is 2. The van der Waals surface area contributed by atoms with E-state index in [-0.39, 0.29) is 0 Å². The molecule has 1 aliphatic heterocycles. The fraction of sp³-hybridized carbons (Fsp3) is 0.647. The molecule has 0 atom stereocenters. The fourth-order valence-corrected chi connectivity index (χ4v) is 2.38. The average Bonchev–Trinajstić information content (AvgIpc) is 2.52. The number of piperazine rings is 1. The minimum absolute atomic E-state index is 0.612. The van der Waals surface area contributed by atoms with Gasteiger partial charge in [0, 0.05) is 32.8 Å². The third-order valence-corrected chi connectivity index (χ3v) is 3.65. The van der Waals surface area contributed by atoms with Crippen molar-refractivity contribution in [3.05, 3.63) is 24.3 Å². The van der Waals surface area contributed by atoms with Crippen LogP contribution in [0.4, 0.5) is 5.69 Å². The number of nitrogens with one attached hydrogen (secondary N) is 1. The molecule has 0 radical (unpaired) electrons. The molecule has 1 fully saturated rings. The summed E-state index contributed by atoms with van der Waals surface area (Å²) in [5, 5.41) is 3.38. The van der Waals surface area contributed by atoms with Crippen LogP contribution >= 0.6 is 0 Å².